The predicted molar refractivity (Wildman–Crippen MR) is 344 cm³/mol. The largest absolute Gasteiger partial charge is 0.462 e. The average molecular weight is 1100 g/mol. The summed E-state index contributed by atoms with van der Waals surface area (Å²) in [5, 5.41) is 0. The Hall–Kier alpha value is -3.41. The third-order valence-corrected chi connectivity index (χ3v) is 14.9. The highest BCUT2D eigenvalue weighted by Gasteiger charge is 2.19. The first-order valence-electron chi connectivity index (χ1n) is 34.1. The van der Waals surface area contributed by atoms with Gasteiger partial charge in [0.1, 0.15) is 13.2 Å². The van der Waals surface area contributed by atoms with E-state index in [1.54, 1.807) is 0 Å². The summed E-state index contributed by atoms with van der Waals surface area (Å²) in [5.74, 6) is -0.867. The molecule has 0 aromatic heterocycles. The molecule has 0 aromatic rings. The molecule has 0 heterocycles. The molecule has 0 radical (unpaired) electrons. The number of rotatable bonds is 62. The van der Waals surface area contributed by atoms with E-state index < -0.39 is 6.10 Å². The van der Waals surface area contributed by atoms with Crippen LogP contribution in [-0.2, 0) is 28.6 Å². The van der Waals surface area contributed by atoms with E-state index in [4.69, 9.17) is 14.2 Å². The number of hydrogen-bond acceptors (Lipinski definition) is 6. The molecule has 0 spiro atoms. The van der Waals surface area contributed by atoms with Crippen molar-refractivity contribution >= 4 is 17.9 Å². The van der Waals surface area contributed by atoms with Gasteiger partial charge in [0.05, 0.1) is 0 Å². The second-order valence-electron chi connectivity index (χ2n) is 22.7. The van der Waals surface area contributed by atoms with E-state index in [0.717, 1.165) is 96.3 Å². The lowest BCUT2D eigenvalue weighted by atomic mass is 10.0. The van der Waals surface area contributed by atoms with Crippen LogP contribution in [0.2, 0.25) is 0 Å². The maximum absolute atomic E-state index is 12.9. The normalized spacial score (nSPS) is 12.6. The first-order valence-corrected chi connectivity index (χ1v) is 34.1. The number of hydrogen-bond donors (Lipinski definition) is 0. The van der Waals surface area contributed by atoms with Crippen LogP contribution in [0.1, 0.15) is 342 Å². The van der Waals surface area contributed by atoms with Gasteiger partial charge in [0.25, 0.3) is 0 Å². The van der Waals surface area contributed by atoms with E-state index >= 15 is 0 Å². The van der Waals surface area contributed by atoms with Gasteiger partial charge in [-0.3, -0.25) is 14.4 Å². The second kappa shape index (κ2) is 67.1. The van der Waals surface area contributed by atoms with E-state index in [9.17, 15) is 14.4 Å². The van der Waals surface area contributed by atoms with Crippen molar-refractivity contribution in [1.82, 2.24) is 0 Å². The van der Waals surface area contributed by atoms with Gasteiger partial charge in [-0.1, -0.05) is 311 Å². The molecule has 0 bridgehead atoms. The Morgan fingerprint density at radius 3 is 0.772 bits per heavy atom. The zero-order valence-corrected chi connectivity index (χ0v) is 52.4. The molecule has 1 unspecified atom stereocenters. The number of esters is 3. The van der Waals surface area contributed by atoms with Crippen LogP contribution in [0.15, 0.2) is 85.1 Å². The average Bonchev–Trinajstić information content (AvgIpc) is 3.45. The predicted octanol–water partition coefficient (Wildman–Crippen LogP) is 23.4. The van der Waals surface area contributed by atoms with Crippen molar-refractivity contribution < 1.29 is 28.6 Å². The zero-order valence-electron chi connectivity index (χ0n) is 52.4. The van der Waals surface area contributed by atoms with Gasteiger partial charge in [-0.25, -0.2) is 0 Å². The van der Waals surface area contributed by atoms with Crippen molar-refractivity contribution in [3.63, 3.8) is 0 Å². The molecule has 0 aliphatic heterocycles. The Kier molecular flexibility index (Phi) is 64.2. The summed E-state index contributed by atoms with van der Waals surface area (Å²) in [4.78, 5) is 38.2. The van der Waals surface area contributed by atoms with Gasteiger partial charge < -0.3 is 14.2 Å². The molecule has 0 aliphatic carbocycles. The Morgan fingerprint density at radius 1 is 0.266 bits per heavy atom. The Labute approximate surface area is 490 Å². The molecule has 0 aromatic carbocycles. The van der Waals surface area contributed by atoms with Gasteiger partial charge in [0.15, 0.2) is 6.10 Å². The fourth-order valence-corrected chi connectivity index (χ4v) is 9.80. The van der Waals surface area contributed by atoms with Gasteiger partial charge in [0, 0.05) is 19.3 Å². The van der Waals surface area contributed by atoms with Crippen LogP contribution in [0, 0.1) is 0 Å². The van der Waals surface area contributed by atoms with E-state index in [1.807, 2.05) is 0 Å². The van der Waals surface area contributed by atoms with Crippen LogP contribution in [0.25, 0.3) is 0 Å². The monoisotopic (exact) mass is 1100 g/mol. The van der Waals surface area contributed by atoms with Crippen molar-refractivity contribution in [2.45, 2.75) is 348 Å². The third-order valence-electron chi connectivity index (χ3n) is 14.9. The fraction of sp³-hybridized carbons (Fsp3) is 0.767. The molecule has 0 aliphatic rings. The van der Waals surface area contributed by atoms with Gasteiger partial charge in [-0.2, -0.15) is 0 Å². The quantitative estimate of drug-likeness (QED) is 0.0261. The number of carbonyl (C=O) groups excluding carboxylic acids is 3. The van der Waals surface area contributed by atoms with E-state index in [1.165, 1.54) is 205 Å². The lowest BCUT2D eigenvalue weighted by Gasteiger charge is -2.18. The van der Waals surface area contributed by atoms with Crippen molar-refractivity contribution in [3.8, 4) is 0 Å². The van der Waals surface area contributed by atoms with Crippen LogP contribution in [0.3, 0.4) is 0 Å². The summed E-state index contributed by atoms with van der Waals surface area (Å²) in [6.07, 6.45) is 89.2. The van der Waals surface area contributed by atoms with Crippen LogP contribution in [0.5, 0.6) is 0 Å². The molecule has 0 saturated carbocycles. The molecule has 6 nitrogen and oxygen atoms in total. The van der Waals surface area contributed by atoms with Crippen molar-refractivity contribution in [1.29, 1.82) is 0 Å². The summed E-state index contributed by atoms with van der Waals surface area (Å²) in [6, 6.07) is 0. The number of carbonyl (C=O) groups is 3. The topological polar surface area (TPSA) is 78.9 Å². The van der Waals surface area contributed by atoms with E-state index in [2.05, 4.69) is 106 Å². The molecule has 0 saturated heterocycles. The van der Waals surface area contributed by atoms with Gasteiger partial charge in [0.2, 0.25) is 0 Å². The molecule has 6 heteroatoms. The first-order chi connectivity index (χ1) is 39.0. The third kappa shape index (κ3) is 65.3. The first kappa shape index (κ1) is 75.6. The SMILES string of the molecule is CC/C=C\C/C=C\C/C=C\C/C=C\C/C=C\CCCCCCCCCCCCCCCC(=O)OCC(COC(=O)CCCCCCCCC)OC(=O)CCCCCCCCCCCCCCC/C=C\C/C=C\CCCCCCC. The number of unbranched alkanes of at least 4 members (excludes halogenated alkanes) is 37. The summed E-state index contributed by atoms with van der Waals surface area (Å²) < 4.78 is 16.9. The Balaban J connectivity index is 4.08. The molecule has 0 amide bonds. The molecule has 1 atom stereocenters. The fourth-order valence-electron chi connectivity index (χ4n) is 9.80. The van der Waals surface area contributed by atoms with Crippen molar-refractivity contribution in [2.24, 2.45) is 0 Å². The van der Waals surface area contributed by atoms with Crippen molar-refractivity contribution in [3.05, 3.63) is 85.1 Å². The zero-order chi connectivity index (χ0) is 57.1. The summed E-state index contributed by atoms with van der Waals surface area (Å²) in [6.45, 7) is 6.51. The highest BCUT2D eigenvalue weighted by atomic mass is 16.6. The number of allylic oxidation sites excluding steroid dienone is 14. The number of ether oxygens (including phenoxy) is 3. The van der Waals surface area contributed by atoms with Crippen LogP contribution in [-0.4, -0.2) is 37.2 Å². The Bertz CT molecular complexity index is 1500. The van der Waals surface area contributed by atoms with Crippen molar-refractivity contribution in [2.75, 3.05) is 13.2 Å². The van der Waals surface area contributed by atoms with Gasteiger partial charge >= 0.3 is 17.9 Å². The van der Waals surface area contributed by atoms with E-state index in [0.29, 0.717) is 19.3 Å². The second-order valence-corrected chi connectivity index (χ2v) is 22.7. The van der Waals surface area contributed by atoms with Gasteiger partial charge in [-0.05, 0) is 96.3 Å². The van der Waals surface area contributed by atoms with Gasteiger partial charge in [-0.15, -0.1) is 0 Å². The molecule has 0 fully saturated rings. The highest BCUT2D eigenvalue weighted by Crippen LogP contribution is 2.17. The Morgan fingerprint density at radius 2 is 0.494 bits per heavy atom. The smallest absolute Gasteiger partial charge is 0.306 e. The van der Waals surface area contributed by atoms with E-state index in [-0.39, 0.29) is 31.1 Å². The molecule has 0 N–H and O–H groups in total. The minimum atomic E-state index is -0.774. The van der Waals surface area contributed by atoms with Crippen LogP contribution < -0.4 is 0 Å². The highest BCUT2D eigenvalue weighted by molar-refractivity contribution is 5.71. The molecular formula is C73H128O6. The maximum Gasteiger partial charge on any atom is 0.306 e. The molecule has 456 valence electrons. The van der Waals surface area contributed by atoms with Crippen LogP contribution in [0.4, 0.5) is 0 Å². The molecule has 0 rings (SSSR count). The summed E-state index contributed by atoms with van der Waals surface area (Å²) in [5.41, 5.74) is 0. The minimum absolute atomic E-state index is 0.0734. The lowest BCUT2D eigenvalue weighted by Crippen LogP contribution is -2.30. The maximum atomic E-state index is 12.9. The summed E-state index contributed by atoms with van der Waals surface area (Å²) >= 11 is 0. The minimum Gasteiger partial charge on any atom is -0.462 e. The molecular weight excluding hydrogens is 973 g/mol. The lowest BCUT2D eigenvalue weighted by molar-refractivity contribution is -0.167. The molecule has 79 heavy (non-hydrogen) atoms. The standard InChI is InChI=1S/C73H128O6/c1-4-7-10-13-16-18-20-22-24-26-28-30-32-34-35-36-37-39-40-42-44-46-48-50-52-54-57-60-63-66-72(75)78-69-70(68-77-71(74)65-62-59-56-15-12-9-6-3)79-73(76)67-64-61-58-55-53-51-49-47-45-43-41-38-33-31-29-27-25-23-21-19-17-14-11-8-5-2/h7,10,16,18,21-24,27-30,34-35,70H,4-6,8-9,11-15,17,19-20,25-26,31-33,36-69H2,1-3H3/b10-7-,18-16-,23-21-,24-22-,29-27-,30-28-,35-34-. The van der Waals surface area contributed by atoms with Crippen LogP contribution >= 0.6 is 0 Å². The summed E-state index contributed by atoms with van der Waals surface area (Å²) in [7, 11) is 0.